The smallest absolute Gasteiger partial charge is 0.283 e. The van der Waals surface area contributed by atoms with Gasteiger partial charge < -0.3 is 35.3 Å². The van der Waals surface area contributed by atoms with E-state index in [0.717, 1.165) is 0 Å². The zero-order chi connectivity index (χ0) is 12.0. The molecule has 0 saturated carbocycles. The Labute approximate surface area is 88.0 Å². The number of aliphatic hydroxyl groups is 6. The van der Waals surface area contributed by atoms with Gasteiger partial charge in [0, 0.05) is 0 Å². The van der Waals surface area contributed by atoms with Crippen LogP contribution in [0.3, 0.4) is 0 Å². The van der Waals surface area contributed by atoms with Crippen molar-refractivity contribution in [3.8, 4) is 0 Å². The van der Waals surface area contributed by atoms with Crippen molar-refractivity contribution in [3.05, 3.63) is 0 Å². The zero-order valence-electron chi connectivity index (χ0n) is 7.97. The number of rotatable bonds is 7. The van der Waals surface area contributed by atoms with E-state index in [1.165, 1.54) is 0 Å². The standard InChI is InChI=1S/C7H15BO7/c8-15-7(4(12)2-10)6(14)5(13)3(11)1-9/h3-7,9-14H,1-2H2. The van der Waals surface area contributed by atoms with Gasteiger partial charge in [0.05, 0.1) is 19.3 Å². The van der Waals surface area contributed by atoms with Crippen LogP contribution < -0.4 is 0 Å². The maximum atomic E-state index is 9.38. The maximum absolute atomic E-state index is 9.38. The van der Waals surface area contributed by atoms with Crippen LogP contribution in [0, 0.1) is 0 Å². The summed E-state index contributed by atoms with van der Waals surface area (Å²) >= 11 is 0. The van der Waals surface area contributed by atoms with Crippen molar-refractivity contribution in [1.82, 2.24) is 0 Å². The predicted octanol–water partition coefficient (Wildman–Crippen LogP) is -4.12. The Kier molecular flexibility index (Phi) is 7.02. The molecule has 0 amide bonds. The lowest BCUT2D eigenvalue weighted by atomic mass is 9.99. The number of hydrogen-bond donors (Lipinski definition) is 6. The van der Waals surface area contributed by atoms with Gasteiger partial charge in [0.25, 0.3) is 8.05 Å². The first-order valence-corrected chi connectivity index (χ1v) is 4.29. The van der Waals surface area contributed by atoms with E-state index in [1.54, 1.807) is 0 Å². The fraction of sp³-hybridized carbons (Fsp3) is 1.00. The van der Waals surface area contributed by atoms with E-state index in [1.807, 2.05) is 0 Å². The van der Waals surface area contributed by atoms with Crippen LogP contribution in [-0.2, 0) is 4.65 Å². The Morgan fingerprint density at radius 2 is 1.33 bits per heavy atom. The van der Waals surface area contributed by atoms with E-state index in [4.69, 9.17) is 28.5 Å². The van der Waals surface area contributed by atoms with E-state index in [0.29, 0.717) is 0 Å². The minimum Gasteiger partial charge on any atom is -0.440 e. The quantitative estimate of drug-likeness (QED) is 0.241. The van der Waals surface area contributed by atoms with Crippen LogP contribution in [0.4, 0.5) is 0 Å². The van der Waals surface area contributed by atoms with Crippen LogP contribution in [0.5, 0.6) is 0 Å². The number of hydrogen-bond acceptors (Lipinski definition) is 7. The number of aliphatic hydroxyl groups excluding tert-OH is 6. The third-order valence-electron chi connectivity index (χ3n) is 1.99. The summed E-state index contributed by atoms with van der Waals surface area (Å²) < 4.78 is 4.17. The highest BCUT2D eigenvalue weighted by Crippen LogP contribution is 2.10. The van der Waals surface area contributed by atoms with Crippen LogP contribution in [-0.4, -0.2) is 82.4 Å². The van der Waals surface area contributed by atoms with Crippen molar-refractivity contribution in [2.45, 2.75) is 30.5 Å². The largest absolute Gasteiger partial charge is 0.440 e. The first kappa shape index (κ1) is 14.8. The average molecular weight is 222 g/mol. The van der Waals surface area contributed by atoms with Crippen molar-refractivity contribution in [3.63, 3.8) is 0 Å². The molecule has 0 aromatic heterocycles. The van der Waals surface area contributed by atoms with Crippen LogP contribution in [0.25, 0.3) is 0 Å². The highest BCUT2D eigenvalue weighted by molar-refractivity contribution is 5.98. The molecule has 0 aromatic rings. The van der Waals surface area contributed by atoms with Gasteiger partial charge in [-0.15, -0.1) is 0 Å². The van der Waals surface area contributed by atoms with Crippen molar-refractivity contribution in [2.75, 3.05) is 13.2 Å². The van der Waals surface area contributed by atoms with Gasteiger partial charge in [0.2, 0.25) is 0 Å². The zero-order valence-corrected chi connectivity index (χ0v) is 7.97. The molecule has 8 heteroatoms. The molecule has 0 aliphatic heterocycles. The van der Waals surface area contributed by atoms with Crippen LogP contribution >= 0.6 is 0 Å². The minimum absolute atomic E-state index is 0.735. The fourth-order valence-corrected chi connectivity index (χ4v) is 1.03. The molecule has 0 fully saturated rings. The Bertz CT molecular complexity index is 169. The maximum Gasteiger partial charge on any atom is 0.283 e. The second kappa shape index (κ2) is 7.12. The van der Waals surface area contributed by atoms with E-state index >= 15 is 0 Å². The average Bonchev–Trinajstić information content (AvgIpc) is 2.27. The Balaban J connectivity index is 4.42. The fourth-order valence-electron chi connectivity index (χ4n) is 1.03. The minimum atomic E-state index is -1.75. The van der Waals surface area contributed by atoms with Gasteiger partial charge in [-0.1, -0.05) is 0 Å². The molecule has 5 unspecified atom stereocenters. The van der Waals surface area contributed by atoms with Crippen molar-refractivity contribution in [1.29, 1.82) is 0 Å². The second-order valence-electron chi connectivity index (χ2n) is 3.08. The van der Waals surface area contributed by atoms with Gasteiger partial charge in [0.15, 0.2) is 0 Å². The predicted molar refractivity (Wildman–Crippen MR) is 48.8 cm³/mol. The molecular formula is C7H15BO7. The van der Waals surface area contributed by atoms with Crippen molar-refractivity contribution < 1.29 is 35.3 Å². The Hall–Kier alpha value is -0.215. The first-order chi connectivity index (χ1) is 6.99. The lowest BCUT2D eigenvalue weighted by molar-refractivity contribution is -0.136. The molecule has 2 radical (unpaired) electrons. The molecule has 88 valence electrons. The highest BCUT2D eigenvalue weighted by Gasteiger charge is 2.34. The summed E-state index contributed by atoms with van der Waals surface area (Å²) in [4.78, 5) is 0. The summed E-state index contributed by atoms with van der Waals surface area (Å²) in [5, 5.41) is 53.8. The third kappa shape index (κ3) is 4.03. The van der Waals surface area contributed by atoms with E-state index in [-0.39, 0.29) is 0 Å². The second-order valence-corrected chi connectivity index (χ2v) is 3.08. The molecule has 7 nitrogen and oxygen atoms in total. The van der Waals surface area contributed by atoms with Crippen LogP contribution in [0.15, 0.2) is 0 Å². The molecule has 0 rings (SSSR count). The molecule has 0 aromatic carbocycles. The molecule has 5 atom stereocenters. The molecule has 0 heterocycles. The monoisotopic (exact) mass is 222 g/mol. The van der Waals surface area contributed by atoms with Crippen molar-refractivity contribution in [2.24, 2.45) is 0 Å². The Morgan fingerprint density at radius 3 is 1.67 bits per heavy atom. The van der Waals surface area contributed by atoms with Gasteiger partial charge in [-0.05, 0) is 0 Å². The SMILES string of the molecule is [B]OC(C(O)CO)C(O)C(O)C(O)CO. The van der Waals surface area contributed by atoms with Crippen molar-refractivity contribution >= 4 is 8.05 Å². The normalized spacial score (nSPS) is 21.7. The molecule has 0 saturated heterocycles. The van der Waals surface area contributed by atoms with E-state index in [2.05, 4.69) is 4.65 Å². The lowest BCUT2D eigenvalue weighted by Crippen LogP contribution is -2.51. The lowest BCUT2D eigenvalue weighted by Gasteiger charge is -2.30. The van der Waals surface area contributed by atoms with Crippen LogP contribution in [0.1, 0.15) is 0 Å². The molecular weight excluding hydrogens is 207 g/mol. The van der Waals surface area contributed by atoms with E-state index < -0.39 is 43.7 Å². The van der Waals surface area contributed by atoms with Gasteiger partial charge in [0.1, 0.15) is 24.4 Å². The molecule has 0 spiro atoms. The summed E-state index contributed by atoms with van der Waals surface area (Å²) in [6.07, 6.45) is -8.05. The summed E-state index contributed by atoms with van der Waals surface area (Å²) in [5.74, 6) is 0. The summed E-state index contributed by atoms with van der Waals surface area (Å²) in [7, 11) is 4.74. The van der Waals surface area contributed by atoms with Crippen LogP contribution in [0.2, 0.25) is 0 Å². The van der Waals surface area contributed by atoms with Gasteiger partial charge in [-0.3, -0.25) is 0 Å². The van der Waals surface area contributed by atoms with Gasteiger partial charge >= 0.3 is 0 Å². The highest BCUT2D eigenvalue weighted by atomic mass is 16.5. The summed E-state index contributed by atoms with van der Waals surface area (Å²) in [6, 6.07) is 0. The molecule has 0 aliphatic carbocycles. The first-order valence-electron chi connectivity index (χ1n) is 4.29. The molecule has 0 bridgehead atoms. The van der Waals surface area contributed by atoms with E-state index in [9.17, 15) is 10.2 Å². The molecule has 0 aliphatic rings. The van der Waals surface area contributed by atoms with Gasteiger partial charge in [-0.25, -0.2) is 0 Å². The summed E-state index contributed by atoms with van der Waals surface area (Å²) in [6.45, 7) is -1.51. The molecule has 6 N–H and O–H groups in total. The topological polar surface area (TPSA) is 131 Å². The Morgan fingerprint density at radius 1 is 0.867 bits per heavy atom. The summed E-state index contributed by atoms with van der Waals surface area (Å²) in [5.41, 5.74) is 0. The third-order valence-corrected chi connectivity index (χ3v) is 1.99. The van der Waals surface area contributed by atoms with Gasteiger partial charge in [-0.2, -0.15) is 0 Å². The molecule has 15 heavy (non-hydrogen) atoms.